The zero-order valence-electron chi connectivity index (χ0n) is 5.67. The van der Waals surface area contributed by atoms with E-state index in [1.807, 2.05) is 19.1 Å². The minimum absolute atomic E-state index is 0.118. The van der Waals surface area contributed by atoms with E-state index in [4.69, 9.17) is 5.73 Å². The fraction of sp³-hybridized carbons (Fsp3) is 0.714. The fourth-order valence-corrected chi connectivity index (χ4v) is 1.03. The summed E-state index contributed by atoms with van der Waals surface area (Å²) < 4.78 is 0. The minimum Gasteiger partial charge on any atom is -0.388 e. The molecule has 0 bridgehead atoms. The van der Waals surface area contributed by atoms with Crippen LogP contribution in [0.2, 0.25) is 0 Å². The number of hydrogen-bond donors (Lipinski definition) is 2. The van der Waals surface area contributed by atoms with Gasteiger partial charge in [-0.3, -0.25) is 0 Å². The molecule has 1 rings (SSSR count). The lowest BCUT2D eigenvalue weighted by Gasteiger charge is -2.26. The quantitative estimate of drug-likeness (QED) is 0.501. The third-order valence-electron chi connectivity index (χ3n) is 1.96. The molecule has 0 aromatic rings. The maximum Gasteiger partial charge on any atom is 0.0863 e. The van der Waals surface area contributed by atoms with E-state index in [0.717, 1.165) is 0 Å². The Morgan fingerprint density at radius 2 is 2.00 bits per heavy atom. The Morgan fingerprint density at radius 1 is 1.56 bits per heavy atom. The summed E-state index contributed by atoms with van der Waals surface area (Å²) in [5.41, 5.74) is 4.90. The fourth-order valence-electron chi connectivity index (χ4n) is 1.03. The van der Waals surface area contributed by atoms with Gasteiger partial charge in [0.25, 0.3) is 0 Å². The molecule has 1 atom stereocenters. The van der Waals surface area contributed by atoms with Gasteiger partial charge in [-0.25, -0.2) is 0 Å². The highest BCUT2D eigenvalue weighted by atomic mass is 16.3. The second-order valence-corrected chi connectivity index (χ2v) is 2.77. The largest absolute Gasteiger partial charge is 0.388 e. The summed E-state index contributed by atoms with van der Waals surface area (Å²) in [6.45, 7) is 1.84. The van der Waals surface area contributed by atoms with Crippen LogP contribution in [0.5, 0.6) is 0 Å². The zero-order valence-corrected chi connectivity index (χ0v) is 5.67. The lowest BCUT2D eigenvalue weighted by atomic mass is 9.94. The van der Waals surface area contributed by atoms with Gasteiger partial charge in [0.2, 0.25) is 0 Å². The van der Waals surface area contributed by atoms with Crippen LogP contribution >= 0.6 is 0 Å². The first-order valence-corrected chi connectivity index (χ1v) is 3.28. The molecule has 0 aliphatic heterocycles. The van der Waals surface area contributed by atoms with Crippen LogP contribution in [-0.4, -0.2) is 16.7 Å². The van der Waals surface area contributed by atoms with Crippen LogP contribution in [0.3, 0.4) is 0 Å². The highest BCUT2D eigenvalue weighted by molar-refractivity contribution is 5.07. The van der Waals surface area contributed by atoms with Crippen molar-refractivity contribution in [1.29, 1.82) is 0 Å². The Bertz CT molecular complexity index is 121. The van der Waals surface area contributed by atoms with E-state index in [0.29, 0.717) is 12.8 Å². The Kier molecular flexibility index (Phi) is 1.60. The first-order valence-electron chi connectivity index (χ1n) is 3.28. The van der Waals surface area contributed by atoms with Crippen LogP contribution in [0, 0.1) is 0 Å². The smallest absolute Gasteiger partial charge is 0.0863 e. The van der Waals surface area contributed by atoms with Crippen LogP contribution < -0.4 is 5.73 Å². The van der Waals surface area contributed by atoms with Crippen LogP contribution in [0.1, 0.15) is 19.8 Å². The number of nitrogens with two attached hydrogens (primary N) is 1. The molecule has 0 radical (unpaired) electrons. The predicted molar refractivity (Wildman–Crippen MR) is 37.0 cm³/mol. The summed E-state index contributed by atoms with van der Waals surface area (Å²) in [6.07, 6.45) is 5.38. The molecule has 0 unspecified atom stereocenters. The van der Waals surface area contributed by atoms with Gasteiger partial charge >= 0.3 is 0 Å². The maximum atomic E-state index is 9.58. The normalized spacial score (nSPS) is 26.6. The molecule has 0 spiro atoms. The summed E-state index contributed by atoms with van der Waals surface area (Å²) in [5, 5.41) is 9.58. The summed E-state index contributed by atoms with van der Waals surface area (Å²) in [4.78, 5) is 0. The van der Waals surface area contributed by atoms with Crippen LogP contribution in [0.15, 0.2) is 12.2 Å². The van der Waals surface area contributed by atoms with Gasteiger partial charge in [0.15, 0.2) is 0 Å². The lowest BCUT2D eigenvalue weighted by molar-refractivity contribution is 0.0326. The summed E-state index contributed by atoms with van der Waals surface area (Å²) in [6, 6.07) is -0.118. The van der Waals surface area contributed by atoms with Crippen molar-refractivity contribution in [2.45, 2.75) is 31.4 Å². The molecule has 0 aromatic heterocycles. The molecule has 52 valence electrons. The van der Waals surface area contributed by atoms with Crippen molar-refractivity contribution >= 4 is 0 Å². The molecule has 1 aliphatic carbocycles. The van der Waals surface area contributed by atoms with Crippen molar-refractivity contribution in [2.75, 3.05) is 0 Å². The molecule has 9 heavy (non-hydrogen) atoms. The van der Waals surface area contributed by atoms with Crippen molar-refractivity contribution < 1.29 is 5.11 Å². The Hall–Kier alpha value is -0.340. The van der Waals surface area contributed by atoms with Gasteiger partial charge in [-0.2, -0.15) is 0 Å². The highest BCUT2D eigenvalue weighted by Crippen LogP contribution is 2.25. The topological polar surface area (TPSA) is 46.2 Å². The van der Waals surface area contributed by atoms with E-state index in [1.165, 1.54) is 0 Å². The Labute approximate surface area is 55.4 Å². The standard InChI is InChI=1S/C7H13NO/c1-6(8)7(9)4-2-3-5-7/h2-3,6,9H,4-5,8H2,1H3/t6-/m1/s1. The number of hydrogen-bond acceptors (Lipinski definition) is 2. The van der Waals surface area contributed by atoms with E-state index >= 15 is 0 Å². The first-order chi connectivity index (χ1) is 4.15. The van der Waals surface area contributed by atoms with Gasteiger partial charge in [-0.1, -0.05) is 12.2 Å². The predicted octanol–water partition coefficient (Wildman–Crippen LogP) is 0.415. The van der Waals surface area contributed by atoms with Crippen molar-refractivity contribution in [3.8, 4) is 0 Å². The average Bonchev–Trinajstić information content (AvgIpc) is 2.16. The van der Waals surface area contributed by atoms with Gasteiger partial charge in [-0.05, 0) is 19.8 Å². The van der Waals surface area contributed by atoms with Gasteiger partial charge in [0.05, 0.1) is 5.60 Å². The molecule has 0 saturated carbocycles. The third kappa shape index (κ3) is 1.14. The maximum absolute atomic E-state index is 9.58. The zero-order chi connectivity index (χ0) is 6.91. The second kappa shape index (κ2) is 2.12. The molecule has 1 aliphatic rings. The van der Waals surface area contributed by atoms with Gasteiger partial charge < -0.3 is 10.8 Å². The summed E-state index contributed by atoms with van der Waals surface area (Å²) >= 11 is 0. The minimum atomic E-state index is -0.639. The lowest BCUT2D eigenvalue weighted by Crippen LogP contribution is -2.43. The number of rotatable bonds is 1. The molecular formula is C7H13NO. The van der Waals surface area contributed by atoms with Crippen molar-refractivity contribution in [3.05, 3.63) is 12.2 Å². The summed E-state index contributed by atoms with van der Waals surface area (Å²) in [5.74, 6) is 0. The SMILES string of the molecule is C[C@@H](N)C1(O)CC=CC1. The van der Waals surface area contributed by atoms with E-state index in [2.05, 4.69) is 0 Å². The van der Waals surface area contributed by atoms with E-state index in [1.54, 1.807) is 0 Å². The molecule has 0 saturated heterocycles. The Morgan fingerprint density at radius 3 is 2.22 bits per heavy atom. The van der Waals surface area contributed by atoms with Gasteiger partial charge in [0, 0.05) is 6.04 Å². The molecule has 2 heteroatoms. The Balaban J connectivity index is 2.55. The molecule has 2 nitrogen and oxygen atoms in total. The van der Waals surface area contributed by atoms with Gasteiger partial charge in [-0.15, -0.1) is 0 Å². The van der Waals surface area contributed by atoms with Crippen LogP contribution in [-0.2, 0) is 0 Å². The molecular weight excluding hydrogens is 114 g/mol. The molecule has 3 N–H and O–H groups in total. The third-order valence-corrected chi connectivity index (χ3v) is 1.96. The average molecular weight is 127 g/mol. The van der Waals surface area contributed by atoms with E-state index in [9.17, 15) is 5.11 Å². The highest BCUT2D eigenvalue weighted by Gasteiger charge is 2.31. The molecule has 0 heterocycles. The number of aliphatic hydroxyl groups is 1. The summed E-state index contributed by atoms with van der Waals surface area (Å²) in [7, 11) is 0. The first kappa shape index (κ1) is 6.78. The monoisotopic (exact) mass is 127 g/mol. The molecule has 0 fully saturated rings. The van der Waals surface area contributed by atoms with E-state index < -0.39 is 5.60 Å². The van der Waals surface area contributed by atoms with Crippen LogP contribution in [0.4, 0.5) is 0 Å². The van der Waals surface area contributed by atoms with E-state index in [-0.39, 0.29) is 6.04 Å². The van der Waals surface area contributed by atoms with Crippen LogP contribution in [0.25, 0.3) is 0 Å². The van der Waals surface area contributed by atoms with Crippen molar-refractivity contribution in [3.63, 3.8) is 0 Å². The van der Waals surface area contributed by atoms with Crippen molar-refractivity contribution in [1.82, 2.24) is 0 Å². The molecule has 0 amide bonds. The van der Waals surface area contributed by atoms with Crippen molar-refractivity contribution in [2.24, 2.45) is 5.73 Å². The second-order valence-electron chi connectivity index (χ2n) is 2.77. The molecule has 0 aromatic carbocycles. The van der Waals surface area contributed by atoms with Gasteiger partial charge in [0.1, 0.15) is 0 Å².